The number of amides is 2. The van der Waals surface area contributed by atoms with Crippen LogP contribution >= 0.6 is 0 Å². The number of carbonyl (C=O) groups is 1. The van der Waals surface area contributed by atoms with E-state index in [4.69, 9.17) is 4.74 Å². The number of nitrogens with zero attached hydrogens (tertiary/aromatic N) is 4. The number of rotatable bonds is 5. The first-order valence-corrected chi connectivity index (χ1v) is 9.56. The summed E-state index contributed by atoms with van der Waals surface area (Å²) in [7, 11) is 2.12. The fourth-order valence-corrected chi connectivity index (χ4v) is 3.10. The average molecular weight is 384 g/mol. The van der Waals surface area contributed by atoms with Gasteiger partial charge in [0.2, 0.25) is 5.95 Å². The molecule has 2 heterocycles. The Labute approximate surface area is 165 Å². The first-order chi connectivity index (χ1) is 13.5. The molecule has 0 radical (unpaired) electrons. The Kier molecular flexibility index (Phi) is 6.30. The number of anilines is 3. The van der Waals surface area contributed by atoms with Crippen LogP contribution in [0.2, 0.25) is 0 Å². The fourth-order valence-electron chi connectivity index (χ4n) is 3.10. The fraction of sp³-hybridized carbons (Fsp3) is 0.450. The van der Waals surface area contributed by atoms with Gasteiger partial charge in [0, 0.05) is 31.9 Å². The Bertz CT molecular complexity index is 793. The molecule has 0 bridgehead atoms. The molecule has 150 valence electrons. The molecule has 2 aromatic rings. The highest BCUT2D eigenvalue weighted by atomic mass is 16.5. The molecule has 1 aliphatic heterocycles. The Balaban J connectivity index is 1.65. The number of carbonyl (C=O) groups excluding carboxylic acids is 1. The smallest absolute Gasteiger partial charge is 0.323 e. The summed E-state index contributed by atoms with van der Waals surface area (Å²) < 4.78 is 5.41. The second kappa shape index (κ2) is 8.88. The van der Waals surface area contributed by atoms with Gasteiger partial charge in [-0.05, 0) is 52.1 Å². The van der Waals surface area contributed by atoms with Crippen LogP contribution in [-0.2, 0) is 0 Å². The Morgan fingerprint density at radius 2 is 1.64 bits per heavy atom. The minimum atomic E-state index is -0.327. The monoisotopic (exact) mass is 384 g/mol. The van der Waals surface area contributed by atoms with Gasteiger partial charge in [-0.2, -0.15) is 0 Å². The molecular formula is C20H28N6O2. The highest BCUT2D eigenvalue weighted by Crippen LogP contribution is 2.22. The van der Waals surface area contributed by atoms with Crippen molar-refractivity contribution >= 4 is 23.4 Å². The lowest BCUT2D eigenvalue weighted by Crippen LogP contribution is -2.45. The highest BCUT2D eigenvalue weighted by molar-refractivity contribution is 6.00. The first-order valence-electron chi connectivity index (χ1n) is 9.56. The molecule has 2 N–H and O–H groups in total. The molecule has 1 fully saturated rings. The van der Waals surface area contributed by atoms with Crippen LogP contribution in [0.3, 0.4) is 0 Å². The molecule has 1 aromatic carbocycles. The predicted molar refractivity (Wildman–Crippen MR) is 111 cm³/mol. The molecular weight excluding hydrogens is 356 g/mol. The summed E-state index contributed by atoms with van der Waals surface area (Å²) in [6.45, 7) is 10.1. The Hall–Kier alpha value is -2.87. The van der Waals surface area contributed by atoms with Gasteiger partial charge in [-0.3, -0.25) is 0 Å². The molecule has 1 saturated heterocycles. The largest absolute Gasteiger partial charge is 0.494 e. The van der Waals surface area contributed by atoms with E-state index >= 15 is 0 Å². The van der Waals surface area contributed by atoms with Gasteiger partial charge in [0.25, 0.3) is 0 Å². The third-order valence-electron chi connectivity index (χ3n) is 4.71. The topological polar surface area (TPSA) is 82.6 Å². The predicted octanol–water partition coefficient (Wildman–Crippen LogP) is 2.89. The van der Waals surface area contributed by atoms with Crippen molar-refractivity contribution in [1.82, 2.24) is 14.9 Å². The molecule has 0 spiro atoms. The number of piperazine rings is 1. The molecule has 1 aliphatic rings. The third kappa shape index (κ3) is 4.89. The summed E-state index contributed by atoms with van der Waals surface area (Å²) in [5, 5.41) is 5.69. The van der Waals surface area contributed by atoms with E-state index in [2.05, 4.69) is 37.4 Å². The summed E-state index contributed by atoms with van der Waals surface area (Å²) in [4.78, 5) is 26.1. The molecule has 0 saturated carbocycles. The van der Waals surface area contributed by atoms with Crippen molar-refractivity contribution < 1.29 is 9.53 Å². The molecule has 8 nitrogen and oxygen atoms in total. The normalized spacial score (nSPS) is 14.6. The maximum Gasteiger partial charge on any atom is 0.323 e. The number of urea groups is 1. The van der Waals surface area contributed by atoms with Gasteiger partial charge in [0.15, 0.2) is 0 Å². The zero-order valence-electron chi connectivity index (χ0n) is 17.0. The molecule has 28 heavy (non-hydrogen) atoms. The Morgan fingerprint density at radius 3 is 2.21 bits per heavy atom. The van der Waals surface area contributed by atoms with Crippen LogP contribution < -0.4 is 20.3 Å². The minimum absolute atomic E-state index is 0.327. The van der Waals surface area contributed by atoms with Crippen molar-refractivity contribution in [2.75, 3.05) is 55.4 Å². The van der Waals surface area contributed by atoms with E-state index < -0.39 is 0 Å². The van der Waals surface area contributed by atoms with Crippen LogP contribution in [0.5, 0.6) is 5.75 Å². The summed E-state index contributed by atoms with van der Waals surface area (Å²) in [5.74, 6) is 1.49. The van der Waals surface area contributed by atoms with Crippen molar-refractivity contribution in [2.24, 2.45) is 0 Å². The van der Waals surface area contributed by atoms with Gasteiger partial charge in [-0.25, -0.2) is 14.8 Å². The van der Waals surface area contributed by atoms with E-state index in [1.807, 2.05) is 32.9 Å². The summed E-state index contributed by atoms with van der Waals surface area (Å²) in [6.07, 6.45) is 0. The van der Waals surface area contributed by atoms with Crippen molar-refractivity contribution in [3.05, 3.63) is 35.7 Å². The van der Waals surface area contributed by atoms with Crippen molar-refractivity contribution in [1.29, 1.82) is 0 Å². The SMILES string of the molecule is CCOc1ccc(NC(=O)Nc2c(C)nc(N3CCN(C)CC3)nc2C)cc1. The number of likely N-dealkylation sites (N-methyl/N-ethyl adjacent to an activating group) is 1. The van der Waals surface area contributed by atoms with Gasteiger partial charge in [-0.15, -0.1) is 0 Å². The Morgan fingerprint density at radius 1 is 1.04 bits per heavy atom. The van der Waals surface area contributed by atoms with Gasteiger partial charge >= 0.3 is 6.03 Å². The van der Waals surface area contributed by atoms with Crippen molar-refractivity contribution in [3.8, 4) is 5.75 Å². The lowest BCUT2D eigenvalue weighted by atomic mass is 10.2. The molecule has 2 amide bonds. The van der Waals surface area contributed by atoms with E-state index in [9.17, 15) is 4.79 Å². The highest BCUT2D eigenvalue weighted by Gasteiger charge is 2.19. The van der Waals surface area contributed by atoms with Crippen molar-refractivity contribution in [2.45, 2.75) is 20.8 Å². The van der Waals surface area contributed by atoms with Crippen molar-refractivity contribution in [3.63, 3.8) is 0 Å². The lowest BCUT2D eigenvalue weighted by molar-refractivity contribution is 0.262. The second-order valence-electron chi connectivity index (χ2n) is 6.90. The quantitative estimate of drug-likeness (QED) is 0.825. The average Bonchev–Trinajstić information content (AvgIpc) is 2.67. The number of nitrogens with one attached hydrogen (secondary N) is 2. The van der Waals surface area contributed by atoms with Crippen LogP contribution in [0.25, 0.3) is 0 Å². The number of aryl methyl sites for hydroxylation is 2. The van der Waals surface area contributed by atoms with Crippen LogP contribution in [0.4, 0.5) is 22.1 Å². The lowest BCUT2D eigenvalue weighted by Gasteiger charge is -2.32. The summed E-state index contributed by atoms with van der Waals surface area (Å²) in [6, 6.07) is 6.92. The number of aromatic nitrogens is 2. The molecule has 0 atom stereocenters. The van der Waals surface area contributed by atoms with Crippen LogP contribution in [0, 0.1) is 13.8 Å². The van der Waals surface area contributed by atoms with Gasteiger partial charge < -0.3 is 25.2 Å². The maximum absolute atomic E-state index is 12.4. The van der Waals surface area contributed by atoms with E-state index in [0.29, 0.717) is 18.0 Å². The summed E-state index contributed by atoms with van der Waals surface area (Å²) >= 11 is 0. The first kappa shape index (κ1) is 19.9. The van der Waals surface area contributed by atoms with Gasteiger partial charge in [-0.1, -0.05) is 0 Å². The zero-order valence-corrected chi connectivity index (χ0v) is 17.0. The molecule has 0 aliphatic carbocycles. The zero-order chi connectivity index (χ0) is 20.1. The van der Waals surface area contributed by atoms with Gasteiger partial charge in [0.1, 0.15) is 5.75 Å². The minimum Gasteiger partial charge on any atom is -0.494 e. The number of hydrogen-bond donors (Lipinski definition) is 2. The molecule has 0 unspecified atom stereocenters. The van der Waals surface area contributed by atoms with E-state index in [1.54, 1.807) is 12.1 Å². The van der Waals surface area contributed by atoms with Crippen LogP contribution in [0.15, 0.2) is 24.3 Å². The number of ether oxygens (including phenoxy) is 1. The van der Waals surface area contributed by atoms with E-state index in [-0.39, 0.29) is 6.03 Å². The number of benzene rings is 1. The second-order valence-corrected chi connectivity index (χ2v) is 6.90. The molecule has 1 aromatic heterocycles. The van der Waals surface area contributed by atoms with Crippen LogP contribution in [-0.4, -0.2) is 60.7 Å². The van der Waals surface area contributed by atoms with E-state index in [0.717, 1.165) is 49.3 Å². The maximum atomic E-state index is 12.4. The molecule has 8 heteroatoms. The van der Waals surface area contributed by atoms with Gasteiger partial charge in [0.05, 0.1) is 23.7 Å². The molecule has 3 rings (SSSR count). The van der Waals surface area contributed by atoms with Crippen LogP contribution in [0.1, 0.15) is 18.3 Å². The third-order valence-corrected chi connectivity index (χ3v) is 4.71. The van der Waals surface area contributed by atoms with E-state index in [1.165, 1.54) is 0 Å². The standard InChI is InChI=1S/C20H28N6O2/c1-5-28-17-8-6-16(7-9-17)23-20(27)24-18-14(2)21-19(22-15(18)3)26-12-10-25(4)11-13-26/h6-9H,5,10-13H2,1-4H3,(H2,23,24,27). The number of hydrogen-bond acceptors (Lipinski definition) is 6. The summed E-state index contributed by atoms with van der Waals surface area (Å²) in [5.41, 5.74) is 2.83.